The minimum Gasteiger partial charge on any atom is -0.370 e. The minimum absolute atomic E-state index is 0.0104. The summed E-state index contributed by atoms with van der Waals surface area (Å²) < 4.78 is 5.58. The third-order valence-corrected chi connectivity index (χ3v) is 5.09. The van der Waals surface area contributed by atoms with Crippen LogP contribution in [0, 0.1) is 6.92 Å². The van der Waals surface area contributed by atoms with Gasteiger partial charge < -0.3 is 10.1 Å². The monoisotopic (exact) mass is 360 g/mol. The summed E-state index contributed by atoms with van der Waals surface area (Å²) in [4.78, 5) is 16.8. The number of thioether (sulfide) groups is 1. The van der Waals surface area contributed by atoms with E-state index >= 15 is 0 Å². The minimum atomic E-state index is -0.0512. The van der Waals surface area contributed by atoms with Crippen molar-refractivity contribution in [3.8, 4) is 0 Å². The first-order valence-electron chi connectivity index (χ1n) is 8.60. The van der Waals surface area contributed by atoms with E-state index in [0.29, 0.717) is 11.1 Å². The van der Waals surface area contributed by atoms with Gasteiger partial charge in [-0.15, -0.1) is 5.10 Å². The molecule has 1 fully saturated rings. The van der Waals surface area contributed by atoms with Crippen LogP contribution >= 0.6 is 11.8 Å². The first-order chi connectivity index (χ1) is 12.0. The number of H-pyrrole nitrogens is 1. The molecule has 0 aliphatic carbocycles. The molecule has 0 radical (unpaired) electrons. The molecule has 1 aromatic carbocycles. The van der Waals surface area contributed by atoms with E-state index in [1.807, 2.05) is 19.1 Å². The van der Waals surface area contributed by atoms with Crippen LogP contribution in [0.4, 0.5) is 5.69 Å². The van der Waals surface area contributed by atoms with Gasteiger partial charge in [0, 0.05) is 12.3 Å². The maximum Gasteiger partial charge on any atom is 0.234 e. The van der Waals surface area contributed by atoms with Crippen molar-refractivity contribution in [3.63, 3.8) is 0 Å². The first-order valence-corrected chi connectivity index (χ1v) is 9.59. The van der Waals surface area contributed by atoms with Crippen LogP contribution in [0.15, 0.2) is 23.4 Å². The molecule has 0 spiro atoms. The average molecular weight is 360 g/mol. The maximum atomic E-state index is 12.4. The fourth-order valence-electron chi connectivity index (χ4n) is 2.91. The van der Waals surface area contributed by atoms with Crippen molar-refractivity contribution in [3.05, 3.63) is 35.2 Å². The third kappa shape index (κ3) is 4.41. The zero-order chi connectivity index (χ0) is 17.8. The maximum absolute atomic E-state index is 12.4. The Kier molecular flexibility index (Phi) is 5.75. The number of aromatic nitrogens is 3. The predicted octanol–water partition coefficient (Wildman–Crippen LogP) is 3.82. The fourth-order valence-corrected chi connectivity index (χ4v) is 3.51. The molecule has 0 saturated carbocycles. The number of carbonyl (C=O) groups excluding carboxylic acids is 1. The Morgan fingerprint density at radius 1 is 1.48 bits per heavy atom. The topological polar surface area (TPSA) is 79.9 Å². The van der Waals surface area contributed by atoms with Crippen molar-refractivity contribution < 1.29 is 9.53 Å². The molecular formula is C18H24N4O2S. The summed E-state index contributed by atoms with van der Waals surface area (Å²) >= 11 is 1.33. The van der Waals surface area contributed by atoms with E-state index in [1.54, 1.807) is 0 Å². The Labute approximate surface area is 152 Å². The highest BCUT2D eigenvalue weighted by atomic mass is 32.2. The van der Waals surface area contributed by atoms with Crippen LogP contribution in [0.5, 0.6) is 0 Å². The Hall–Kier alpha value is -1.86. The predicted molar refractivity (Wildman–Crippen MR) is 98.9 cm³/mol. The number of ether oxygens (including phenoxy) is 1. The molecule has 1 aliphatic rings. The summed E-state index contributed by atoms with van der Waals surface area (Å²) in [6, 6.07) is 6.09. The van der Waals surface area contributed by atoms with E-state index < -0.39 is 0 Å². The number of hydrogen-bond acceptors (Lipinski definition) is 5. The number of carbonyl (C=O) groups is 1. The van der Waals surface area contributed by atoms with Crippen molar-refractivity contribution in [2.45, 2.75) is 50.8 Å². The Balaban J connectivity index is 1.58. The molecule has 2 aromatic rings. The van der Waals surface area contributed by atoms with Gasteiger partial charge in [0.2, 0.25) is 11.1 Å². The van der Waals surface area contributed by atoms with Gasteiger partial charge in [0.1, 0.15) is 6.10 Å². The zero-order valence-electron chi connectivity index (χ0n) is 14.8. The molecule has 2 N–H and O–H groups in total. The van der Waals surface area contributed by atoms with Gasteiger partial charge in [0.25, 0.3) is 0 Å². The molecule has 134 valence electrons. The summed E-state index contributed by atoms with van der Waals surface area (Å²) in [5.74, 6) is 1.32. The Morgan fingerprint density at radius 3 is 3.04 bits per heavy atom. The molecule has 1 saturated heterocycles. The van der Waals surface area contributed by atoms with Gasteiger partial charge in [0.15, 0.2) is 5.82 Å². The second kappa shape index (κ2) is 8.01. The number of hydrogen-bond donors (Lipinski definition) is 2. The van der Waals surface area contributed by atoms with Crippen LogP contribution in [0.25, 0.3) is 0 Å². The lowest BCUT2D eigenvalue weighted by molar-refractivity contribution is -0.113. The van der Waals surface area contributed by atoms with Crippen LogP contribution < -0.4 is 5.32 Å². The molecule has 1 atom stereocenters. The van der Waals surface area contributed by atoms with Gasteiger partial charge in [-0.3, -0.25) is 9.89 Å². The van der Waals surface area contributed by atoms with Crippen LogP contribution in [-0.2, 0) is 9.53 Å². The van der Waals surface area contributed by atoms with E-state index in [1.165, 1.54) is 11.8 Å². The van der Waals surface area contributed by atoms with E-state index in [-0.39, 0.29) is 17.8 Å². The van der Waals surface area contributed by atoms with Gasteiger partial charge in [-0.2, -0.15) is 0 Å². The van der Waals surface area contributed by atoms with E-state index in [2.05, 4.69) is 40.4 Å². The van der Waals surface area contributed by atoms with Gasteiger partial charge in [-0.05, 0) is 36.8 Å². The van der Waals surface area contributed by atoms with Crippen molar-refractivity contribution in [1.29, 1.82) is 0 Å². The number of nitrogens with one attached hydrogen (secondary N) is 2. The summed E-state index contributed by atoms with van der Waals surface area (Å²) in [5, 5.41) is 10.7. The quantitative estimate of drug-likeness (QED) is 0.766. The molecule has 7 heteroatoms. The van der Waals surface area contributed by atoms with Crippen LogP contribution in [0.2, 0.25) is 0 Å². The number of benzene rings is 1. The van der Waals surface area contributed by atoms with Crippen molar-refractivity contribution in [1.82, 2.24) is 15.2 Å². The van der Waals surface area contributed by atoms with Crippen molar-refractivity contribution in [2.75, 3.05) is 17.7 Å². The summed E-state index contributed by atoms with van der Waals surface area (Å²) in [6.45, 7) is 7.03. The summed E-state index contributed by atoms with van der Waals surface area (Å²) in [6.07, 6.45) is 2.02. The van der Waals surface area contributed by atoms with E-state index in [4.69, 9.17) is 4.74 Å². The average Bonchev–Trinajstić information content (AvgIpc) is 3.25. The van der Waals surface area contributed by atoms with E-state index in [0.717, 1.165) is 42.1 Å². The molecule has 25 heavy (non-hydrogen) atoms. The van der Waals surface area contributed by atoms with Gasteiger partial charge >= 0.3 is 0 Å². The molecule has 1 amide bonds. The highest BCUT2D eigenvalue weighted by Gasteiger charge is 2.21. The van der Waals surface area contributed by atoms with E-state index in [9.17, 15) is 4.79 Å². The third-order valence-electron chi connectivity index (χ3n) is 4.24. The molecule has 2 heterocycles. The summed E-state index contributed by atoms with van der Waals surface area (Å²) in [7, 11) is 0. The van der Waals surface area contributed by atoms with Gasteiger partial charge in [-0.25, -0.2) is 4.98 Å². The summed E-state index contributed by atoms with van der Waals surface area (Å²) in [5.41, 5.74) is 3.14. The fraction of sp³-hybridized carbons (Fsp3) is 0.500. The standard InChI is InChI=1S/C18H24N4O2S/c1-11(2)13-7-4-6-12(3)16(13)19-15(23)10-25-18-20-17(21-22-18)14-8-5-9-24-14/h4,6-7,11,14H,5,8-10H2,1-3H3,(H,19,23)(H,20,21,22)/t14-/m0/s1. The number of rotatable bonds is 6. The Bertz CT molecular complexity index is 738. The number of para-hydroxylation sites is 1. The highest BCUT2D eigenvalue weighted by Crippen LogP contribution is 2.29. The zero-order valence-corrected chi connectivity index (χ0v) is 15.7. The van der Waals surface area contributed by atoms with Gasteiger partial charge in [0.05, 0.1) is 5.75 Å². The lowest BCUT2D eigenvalue weighted by atomic mass is 9.98. The molecule has 1 aromatic heterocycles. The Morgan fingerprint density at radius 2 is 2.32 bits per heavy atom. The second-order valence-electron chi connectivity index (χ2n) is 6.54. The molecule has 3 rings (SSSR count). The smallest absolute Gasteiger partial charge is 0.234 e. The number of anilines is 1. The number of amides is 1. The van der Waals surface area contributed by atoms with Crippen molar-refractivity contribution in [2.24, 2.45) is 0 Å². The number of aromatic amines is 1. The molecule has 1 aliphatic heterocycles. The lowest BCUT2D eigenvalue weighted by Crippen LogP contribution is -2.16. The normalized spacial score (nSPS) is 17.2. The van der Waals surface area contributed by atoms with Gasteiger partial charge in [-0.1, -0.05) is 43.8 Å². The largest absolute Gasteiger partial charge is 0.370 e. The molecule has 6 nitrogen and oxygen atoms in total. The lowest BCUT2D eigenvalue weighted by Gasteiger charge is -2.16. The molecule has 0 unspecified atom stereocenters. The first kappa shape index (κ1) is 17.9. The highest BCUT2D eigenvalue weighted by molar-refractivity contribution is 7.99. The van der Waals surface area contributed by atoms with Crippen LogP contribution in [0.3, 0.4) is 0 Å². The SMILES string of the molecule is Cc1cccc(C(C)C)c1NC(=O)CSc1n[nH]c([C@@H]2CCCO2)n1. The van der Waals surface area contributed by atoms with Crippen LogP contribution in [-0.4, -0.2) is 33.4 Å². The molecular weight excluding hydrogens is 336 g/mol. The molecule has 0 bridgehead atoms. The number of nitrogens with zero attached hydrogens (tertiary/aromatic N) is 2. The van der Waals surface area contributed by atoms with Crippen molar-refractivity contribution >= 4 is 23.4 Å². The number of aryl methyl sites for hydroxylation is 1. The second-order valence-corrected chi connectivity index (χ2v) is 7.48. The van der Waals surface area contributed by atoms with Crippen LogP contribution in [0.1, 0.15) is 55.7 Å².